The smallest absolute Gasteiger partial charge is 0.272 e. The van der Waals surface area contributed by atoms with E-state index in [1.165, 1.54) is 13.3 Å². The van der Waals surface area contributed by atoms with Crippen LogP contribution < -0.4 is 4.74 Å². The number of hydrogen-bond acceptors (Lipinski definition) is 6. The number of H-pyrrole nitrogens is 1. The van der Waals surface area contributed by atoms with Crippen molar-refractivity contribution in [3.05, 3.63) is 36.0 Å². The van der Waals surface area contributed by atoms with Gasteiger partial charge >= 0.3 is 0 Å². The van der Waals surface area contributed by atoms with E-state index in [9.17, 15) is 5.11 Å². The number of ether oxygens (including phenoxy) is 1. The van der Waals surface area contributed by atoms with Crippen molar-refractivity contribution >= 4 is 22.5 Å². The zero-order valence-electron chi connectivity index (χ0n) is 11.5. The number of aromatic nitrogens is 3. The average Bonchev–Trinajstić information content (AvgIpc) is 2.83. The minimum Gasteiger partial charge on any atom is -0.493 e. The Morgan fingerprint density at radius 1 is 1.24 bits per heavy atom. The minimum absolute atomic E-state index is 0.0362. The highest BCUT2D eigenvalue weighted by molar-refractivity contribution is 5.95. The molecular weight excluding hydrogens is 270 g/mol. The van der Waals surface area contributed by atoms with Crippen LogP contribution >= 0.6 is 0 Å². The highest BCUT2D eigenvalue weighted by Crippen LogP contribution is 2.37. The van der Waals surface area contributed by atoms with Gasteiger partial charge in [-0.15, -0.1) is 10.2 Å². The first-order chi connectivity index (χ1) is 10.2. The molecule has 3 rings (SSSR count). The molecule has 2 N–H and O–H groups in total. The van der Waals surface area contributed by atoms with Gasteiger partial charge in [0.25, 0.3) is 5.95 Å². The predicted octanol–water partition coefficient (Wildman–Crippen LogP) is 3.40. The lowest BCUT2D eigenvalue weighted by molar-refractivity contribution is 0.397. The Labute approximate surface area is 120 Å². The number of aryl methyl sites for hydroxylation is 1. The number of azo groups is 1. The van der Waals surface area contributed by atoms with Crippen LogP contribution in [0.3, 0.4) is 0 Å². The third-order valence-electron chi connectivity index (χ3n) is 3.06. The normalized spacial score (nSPS) is 11.3. The van der Waals surface area contributed by atoms with Crippen LogP contribution in [0.5, 0.6) is 11.8 Å². The summed E-state index contributed by atoms with van der Waals surface area (Å²) in [4.78, 5) is 10.9. The zero-order chi connectivity index (χ0) is 14.8. The van der Waals surface area contributed by atoms with Crippen molar-refractivity contribution in [3.8, 4) is 11.8 Å². The molecule has 0 spiro atoms. The van der Waals surface area contributed by atoms with Gasteiger partial charge in [0.15, 0.2) is 5.69 Å². The van der Waals surface area contributed by atoms with Gasteiger partial charge in [0.2, 0.25) is 11.8 Å². The SMILES string of the molecule is COc1ccnc(N=Nc2c(O)[nH]c3c(C)cccc23)n1. The van der Waals surface area contributed by atoms with Gasteiger partial charge in [-0.2, -0.15) is 4.98 Å². The summed E-state index contributed by atoms with van der Waals surface area (Å²) in [5, 5.41) is 18.7. The summed E-state index contributed by atoms with van der Waals surface area (Å²) in [7, 11) is 1.51. The van der Waals surface area contributed by atoms with E-state index in [0.29, 0.717) is 11.6 Å². The number of aromatic hydroxyl groups is 1. The molecule has 0 fully saturated rings. The van der Waals surface area contributed by atoms with Crippen molar-refractivity contribution in [2.45, 2.75) is 6.92 Å². The predicted molar refractivity (Wildman–Crippen MR) is 77.5 cm³/mol. The third kappa shape index (κ3) is 2.40. The van der Waals surface area contributed by atoms with Crippen molar-refractivity contribution in [3.63, 3.8) is 0 Å². The van der Waals surface area contributed by atoms with E-state index in [1.807, 2.05) is 25.1 Å². The van der Waals surface area contributed by atoms with Crippen LogP contribution in [0.25, 0.3) is 10.9 Å². The fourth-order valence-electron chi connectivity index (χ4n) is 2.03. The number of para-hydroxylation sites is 1. The largest absolute Gasteiger partial charge is 0.493 e. The monoisotopic (exact) mass is 283 g/mol. The van der Waals surface area contributed by atoms with E-state index >= 15 is 0 Å². The molecule has 2 aromatic heterocycles. The molecule has 1 aromatic carbocycles. The molecule has 7 heteroatoms. The van der Waals surface area contributed by atoms with Gasteiger partial charge in [-0.05, 0) is 12.5 Å². The fourth-order valence-corrected chi connectivity index (χ4v) is 2.03. The Morgan fingerprint density at radius 3 is 2.90 bits per heavy atom. The van der Waals surface area contributed by atoms with E-state index in [4.69, 9.17) is 4.74 Å². The van der Waals surface area contributed by atoms with Crippen molar-refractivity contribution in [1.29, 1.82) is 0 Å². The average molecular weight is 283 g/mol. The minimum atomic E-state index is -0.0362. The lowest BCUT2D eigenvalue weighted by atomic mass is 10.1. The van der Waals surface area contributed by atoms with Crippen molar-refractivity contribution in [2.75, 3.05) is 7.11 Å². The molecule has 0 aliphatic rings. The number of rotatable bonds is 3. The van der Waals surface area contributed by atoms with Crippen LogP contribution in [0, 0.1) is 6.92 Å². The topological polar surface area (TPSA) is 95.8 Å². The second kappa shape index (κ2) is 5.20. The van der Waals surface area contributed by atoms with Crippen molar-refractivity contribution < 1.29 is 9.84 Å². The molecule has 0 amide bonds. The van der Waals surface area contributed by atoms with E-state index in [0.717, 1.165) is 16.5 Å². The Morgan fingerprint density at radius 2 is 2.10 bits per heavy atom. The molecule has 0 saturated heterocycles. The van der Waals surface area contributed by atoms with Crippen LogP contribution in [0.4, 0.5) is 11.6 Å². The number of nitrogens with one attached hydrogen (secondary N) is 1. The molecular formula is C14H13N5O2. The Kier molecular flexibility index (Phi) is 3.23. The maximum absolute atomic E-state index is 9.96. The van der Waals surface area contributed by atoms with Crippen molar-refractivity contribution in [2.24, 2.45) is 10.2 Å². The fraction of sp³-hybridized carbons (Fsp3) is 0.143. The summed E-state index contributed by atoms with van der Waals surface area (Å²) in [6.07, 6.45) is 1.53. The molecule has 0 aliphatic carbocycles. The summed E-state index contributed by atoms with van der Waals surface area (Å²) in [5.74, 6) is 0.527. The quantitative estimate of drug-likeness (QED) is 0.720. The summed E-state index contributed by atoms with van der Waals surface area (Å²) < 4.78 is 4.99. The number of benzene rings is 1. The number of methoxy groups -OCH3 is 1. The molecule has 0 atom stereocenters. The maximum atomic E-state index is 9.96. The molecule has 3 aromatic rings. The van der Waals surface area contributed by atoms with Crippen LogP contribution in [-0.2, 0) is 0 Å². The number of hydrogen-bond donors (Lipinski definition) is 2. The van der Waals surface area contributed by atoms with Gasteiger partial charge in [-0.1, -0.05) is 18.2 Å². The maximum Gasteiger partial charge on any atom is 0.272 e. The zero-order valence-corrected chi connectivity index (χ0v) is 11.5. The number of nitrogens with zero attached hydrogens (tertiary/aromatic N) is 4. The molecule has 0 aliphatic heterocycles. The summed E-state index contributed by atoms with van der Waals surface area (Å²) in [5.41, 5.74) is 2.21. The van der Waals surface area contributed by atoms with E-state index in [1.54, 1.807) is 6.07 Å². The van der Waals surface area contributed by atoms with Crippen LogP contribution in [0.2, 0.25) is 0 Å². The highest BCUT2D eigenvalue weighted by Gasteiger charge is 2.11. The lowest BCUT2D eigenvalue weighted by Crippen LogP contribution is -1.87. The first-order valence-electron chi connectivity index (χ1n) is 6.28. The molecule has 0 saturated carbocycles. The van der Waals surface area contributed by atoms with Crippen LogP contribution in [0.1, 0.15) is 5.56 Å². The van der Waals surface area contributed by atoms with Gasteiger partial charge in [0.1, 0.15) is 0 Å². The molecule has 21 heavy (non-hydrogen) atoms. The third-order valence-corrected chi connectivity index (χ3v) is 3.06. The first-order valence-corrected chi connectivity index (χ1v) is 6.28. The van der Waals surface area contributed by atoms with Gasteiger partial charge in [0.05, 0.1) is 12.6 Å². The Bertz CT molecular complexity index is 825. The highest BCUT2D eigenvalue weighted by atomic mass is 16.5. The molecule has 2 heterocycles. The second-order valence-electron chi connectivity index (χ2n) is 4.42. The Hall–Kier alpha value is -2.96. The summed E-state index contributed by atoms with van der Waals surface area (Å²) in [6.45, 7) is 1.95. The molecule has 7 nitrogen and oxygen atoms in total. The summed E-state index contributed by atoms with van der Waals surface area (Å²) in [6, 6.07) is 7.32. The van der Waals surface area contributed by atoms with E-state index < -0.39 is 0 Å². The van der Waals surface area contributed by atoms with Gasteiger partial charge in [0, 0.05) is 17.6 Å². The standard InChI is InChI=1S/C14H13N5O2/c1-8-4-3-5-9-11(8)17-13(20)12(9)18-19-14-15-7-6-10(16-14)21-2/h3-7,17,20H,1-2H3. The lowest BCUT2D eigenvalue weighted by Gasteiger charge is -1.97. The molecule has 0 bridgehead atoms. The number of fused-ring (bicyclic) bond motifs is 1. The molecule has 106 valence electrons. The van der Waals surface area contributed by atoms with Crippen LogP contribution in [-0.4, -0.2) is 27.2 Å². The first kappa shape index (κ1) is 13.0. The Balaban J connectivity index is 2.03. The van der Waals surface area contributed by atoms with E-state index in [-0.39, 0.29) is 11.8 Å². The van der Waals surface area contributed by atoms with E-state index in [2.05, 4.69) is 25.2 Å². The van der Waals surface area contributed by atoms with Gasteiger partial charge < -0.3 is 14.8 Å². The molecule has 0 unspecified atom stereocenters. The van der Waals surface area contributed by atoms with Gasteiger partial charge in [-0.3, -0.25) is 0 Å². The number of aromatic amines is 1. The van der Waals surface area contributed by atoms with Crippen molar-refractivity contribution in [1.82, 2.24) is 15.0 Å². The van der Waals surface area contributed by atoms with Gasteiger partial charge in [-0.25, -0.2) is 4.98 Å². The molecule has 0 radical (unpaired) electrons. The second-order valence-corrected chi connectivity index (χ2v) is 4.42. The van der Waals surface area contributed by atoms with Crippen LogP contribution in [0.15, 0.2) is 40.7 Å². The summed E-state index contributed by atoms with van der Waals surface area (Å²) >= 11 is 0.